The minimum atomic E-state index is -2.22. The molecule has 129 heavy (non-hydrogen) atoms. The summed E-state index contributed by atoms with van der Waals surface area (Å²) < 4.78 is 0. The van der Waals surface area contributed by atoms with Crippen LogP contribution in [0.2, 0.25) is 0 Å². The Morgan fingerprint density at radius 1 is 0.318 bits per heavy atom. The molecule has 0 aliphatic rings. The van der Waals surface area contributed by atoms with Crippen molar-refractivity contribution in [2.45, 2.75) is 241 Å². The second-order valence-corrected chi connectivity index (χ2v) is 31.1. The Hall–Kier alpha value is -14.0. The van der Waals surface area contributed by atoms with Crippen molar-refractivity contribution in [1.82, 2.24) is 69.1 Å². The number of carboxylic acids is 6. The maximum Gasteiger partial charge on any atom is 0.326 e. The van der Waals surface area contributed by atoms with Gasteiger partial charge in [-0.25, -0.2) is 4.79 Å². The number of benzene rings is 4. The Labute approximate surface area is 741 Å². The standard InChI is InChI=1S/C85H116N16O28/c1-6-45(4)71(101-81(124)60(97-82(125)69(88)46(5)102)41-50-25-27-51(103)28-26-50)84(127)98-58(39-48-20-12-8-13-21-48)78(121)95-59(40-49-22-14-9-15-23-49)80(123)100-70(44(2)3)83(126)93-56(32-36-66(109)110)76(119)94-57(38-47-18-10-7-11-19-47)77(120)92-53(29-33-63(87)104)73(116)89-52(24-16-17-37-86)72(115)90-54(30-34-64(105)106)74(117)91-55(31-35-65(107)108)75(118)96-61(42-67(111)112)79(122)99-62(85(128)129)43-68(113)114/h7-15,18-23,25-28,44-46,52-62,69-71,102-103H,6,16-17,24,29-43,86,88H2,1-5H3,(H2,87,104)(H,89,116)(H,90,115)(H,91,117)(H,92,120)(H,93,126)(H,94,119)(H,95,121)(H,96,118)(H,97,125)(H,98,127)(H,99,122)(H,100,123)(H,101,124)(H,105,106)(H,107,108)(H,109,110)(H,111,112)(H,113,114)(H,128,129)/t45-,46+,52-,53-,54-,55-,56-,57-,58-,59-,60-,61-,62-,69-,70-,71-/m0/s1. The number of hydrogen-bond acceptors (Lipinski definition) is 24. The molecular formula is C85H116N16O28. The molecule has 0 aliphatic heterocycles. The minimum Gasteiger partial charge on any atom is -0.508 e. The van der Waals surface area contributed by atoms with Gasteiger partial charge < -0.3 is 127 Å². The first kappa shape index (κ1) is 107. The molecule has 704 valence electrons. The van der Waals surface area contributed by atoms with E-state index in [1.54, 1.807) is 98.0 Å². The third-order valence-electron chi connectivity index (χ3n) is 20.4. The summed E-state index contributed by atoms with van der Waals surface area (Å²) in [6.07, 6.45) is -11.2. The van der Waals surface area contributed by atoms with Gasteiger partial charge in [-0.05, 0) is 105 Å². The molecule has 0 bridgehead atoms. The molecule has 0 saturated heterocycles. The highest BCUT2D eigenvalue weighted by Crippen LogP contribution is 2.19. The van der Waals surface area contributed by atoms with E-state index in [1.807, 2.05) is 5.32 Å². The van der Waals surface area contributed by atoms with Crippen LogP contribution in [0.5, 0.6) is 5.75 Å². The number of rotatable bonds is 59. The summed E-state index contributed by atoms with van der Waals surface area (Å²) >= 11 is 0. The summed E-state index contributed by atoms with van der Waals surface area (Å²) in [7, 11) is 0. The number of aliphatic hydroxyl groups excluding tert-OH is 1. The molecule has 4 aromatic rings. The van der Waals surface area contributed by atoms with E-state index in [9.17, 15) is 127 Å². The van der Waals surface area contributed by atoms with Gasteiger partial charge in [0.05, 0.1) is 18.9 Å². The zero-order chi connectivity index (χ0) is 96.3. The number of nitrogens with one attached hydrogen (secondary N) is 13. The number of carboxylic acid groups (broad SMARTS) is 6. The van der Waals surface area contributed by atoms with Gasteiger partial charge in [0.2, 0.25) is 82.7 Å². The monoisotopic (exact) mass is 1810 g/mol. The highest BCUT2D eigenvalue weighted by molar-refractivity contribution is 6.01. The molecule has 44 nitrogen and oxygen atoms in total. The molecule has 16 atom stereocenters. The molecule has 0 radical (unpaired) electrons. The van der Waals surface area contributed by atoms with Gasteiger partial charge in [-0.15, -0.1) is 0 Å². The third-order valence-corrected chi connectivity index (χ3v) is 20.4. The molecule has 27 N–H and O–H groups in total. The number of phenolic OH excluding ortho intramolecular Hbond substituents is 1. The molecule has 4 aromatic carbocycles. The number of unbranched alkanes of at least 4 members (excludes halogenated alkanes) is 1. The van der Waals surface area contributed by atoms with Gasteiger partial charge in [-0.1, -0.05) is 137 Å². The van der Waals surface area contributed by atoms with Crippen LogP contribution in [0.15, 0.2) is 115 Å². The Bertz CT molecular complexity index is 4530. The first-order valence-electron chi connectivity index (χ1n) is 41.5. The molecule has 14 amide bonds. The van der Waals surface area contributed by atoms with Gasteiger partial charge >= 0.3 is 35.8 Å². The van der Waals surface area contributed by atoms with E-state index in [0.717, 1.165) is 0 Å². The van der Waals surface area contributed by atoms with Gasteiger partial charge in [0.15, 0.2) is 0 Å². The Morgan fingerprint density at radius 2 is 0.597 bits per heavy atom. The lowest BCUT2D eigenvalue weighted by molar-refractivity contribution is -0.148. The van der Waals surface area contributed by atoms with Crippen molar-refractivity contribution in [3.63, 3.8) is 0 Å². The van der Waals surface area contributed by atoms with Crippen molar-refractivity contribution >= 4 is 119 Å². The molecule has 0 saturated carbocycles. The van der Waals surface area contributed by atoms with Gasteiger partial charge in [0, 0.05) is 51.4 Å². The highest BCUT2D eigenvalue weighted by Gasteiger charge is 2.41. The SMILES string of the molecule is CC[C@H](C)[C@H](NC(=O)[C@H](Cc1ccc(O)cc1)NC(=O)[C@@H](N)[C@@H](C)O)C(=O)N[C@@H](Cc1ccccc1)C(=O)N[C@@H](Cc1ccccc1)C(=O)N[C@H](C(=O)N[C@@H](CCC(=O)O)C(=O)N[C@@H](Cc1ccccc1)C(=O)N[C@@H](CCC(N)=O)C(=O)N[C@@H](CCCCN)C(=O)N[C@@H](CCC(=O)O)C(=O)N[C@@H](CCC(=O)O)C(=O)N[C@@H](CC(=O)O)C(=O)N[C@@H](CC(=O)O)C(=O)O)C(C)C. The van der Waals surface area contributed by atoms with Crippen molar-refractivity contribution in [2.75, 3.05) is 6.54 Å². The molecule has 0 fully saturated rings. The zero-order valence-electron chi connectivity index (χ0n) is 71.7. The average Bonchev–Trinajstić information content (AvgIpc) is 0.841. The molecule has 0 aliphatic carbocycles. The first-order valence-corrected chi connectivity index (χ1v) is 41.5. The summed E-state index contributed by atoms with van der Waals surface area (Å²) in [6.45, 7) is 7.64. The molecule has 0 unspecified atom stereocenters. The molecule has 0 aromatic heterocycles. The topological polar surface area (TPSA) is 738 Å². The van der Waals surface area contributed by atoms with Gasteiger partial charge in [-0.3, -0.25) is 91.1 Å². The van der Waals surface area contributed by atoms with Crippen LogP contribution in [0.25, 0.3) is 0 Å². The fraction of sp³-hybridized carbons (Fsp3) is 0.482. The Morgan fingerprint density at radius 3 is 0.930 bits per heavy atom. The molecular weight excluding hydrogens is 1690 g/mol. The predicted molar refractivity (Wildman–Crippen MR) is 455 cm³/mol. The summed E-state index contributed by atoms with van der Waals surface area (Å²) in [4.78, 5) is 271. The van der Waals surface area contributed by atoms with Crippen LogP contribution in [0.1, 0.15) is 147 Å². The summed E-state index contributed by atoms with van der Waals surface area (Å²) in [5.74, 6) is -27.8. The van der Waals surface area contributed by atoms with E-state index in [-0.39, 0.29) is 57.2 Å². The van der Waals surface area contributed by atoms with Gasteiger partial charge in [0.25, 0.3) is 0 Å². The van der Waals surface area contributed by atoms with Crippen LogP contribution in [-0.2, 0) is 122 Å². The second kappa shape index (κ2) is 54.8. The summed E-state index contributed by atoms with van der Waals surface area (Å²) in [5, 5.41) is 109. The van der Waals surface area contributed by atoms with E-state index in [4.69, 9.17) is 17.2 Å². The van der Waals surface area contributed by atoms with Crippen LogP contribution >= 0.6 is 0 Å². The fourth-order valence-electron chi connectivity index (χ4n) is 12.9. The smallest absolute Gasteiger partial charge is 0.326 e. The predicted octanol–water partition coefficient (Wildman–Crippen LogP) is -3.60. The lowest BCUT2D eigenvalue weighted by Gasteiger charge is -2.30. The fourth-order valence-corrected chi connectivity index (χ4v) is 12.9. The normalized spacial score (nSPS) is 14.8. The number of aromatic hydroxyl groups is 1. The van der Waals surface area contributed by atoms with Crippen molar-refractivity contribution in [2.24, 2.45) is 29.0 Å². The zero-order valence-corrected chi connectivity index (χ0v) is 71.7. The van der Waals surface area contributed by atoms with Crippen LogP contribution in [0.3, 0.4) is 0 Å². The number of amides is 14. The van der Waals surface area contributed by atoms with Gasteiger partial charge in [-0.2, -0.15) is 0 Å². The lowest BCUT2D eigenvalue weighted by atomic mass is 9.96. The lowest BCUT2D eigenvalue weighted by Crippen LogP contribution is -2.62. The van der Waals surface area contributed by atoms with E-state index < -0.39 is 292 Å². The Balaban J connectivity index is 1.71. The van der Waals surface area contributed by atoms with Crippen molar-refractivity contribution < 1.29 is 137 Å². The van der Waals surface area contributed by atoms with Crippen LogP contribution in [0, 0.1) is 11.8 Å². The summed E-state index contributed by atoms with van der Waals surface area (Å²) in [6, 6.07) is 5.17. The number of aliphatic hydroxyl groups is 1. The number of carbonyl (C=O) groups excluding carboxylic acids is 14. The summed E-state index contributed by atoms with van der Waals surface area (Å²) in [5.41, 5.74) is 19.0. The maximum atomic E-state index is 15.1. The van der Waals surface area contributed by atoms with E-state index in [0.29, 0.717) is 22.3 Å². The highest BCUT2D eigenvalue weighted by atomic mass is 16.4. The number of phenols is 1. The van der Waals surface area contributed by atoms with Crippen LogP contribution in [-0.4, -0.2) is 257 Å². The maximum absolute atomic E-state index is 15.1. The Kier molecular flexibility index (Phi) is 45.5. The number of primary amides is 1. The largest absolute Gasteiger partial charge is 0.508 e. The number of hydrogen-bond donors (Lipinski definition) is 24. The van der Waals surface area contributed by atoms with Crippen molar-refractivity contribution in [1.29, 1.82) is 0 Å². The second-order valence-electron chi connectivity index (χ2n) is 31.1. The van der Waals surface area contributed by atoms with Crippen molar-refractivity contribution in [3.8, 4) is 5.75 Å². The number of carbonyl (C=O) groups is 20. The van der Waals surface area contributed by atoms with E-state index >= 15 is 9.59 Å². The molecule has 0 heterocycles. The van der Waals surface area contributed by atoms with E-state index in [2.05, 4.69) is 58.5 Å². The van der Waals surface area contributed by atoms with Gasteiger partial charge in [0.1, 0.15) is 90.3 Å². The minimum absolute atomic E-state index is 0.00176. The van der Waals surface area contributed by atoms with Crippen LogP contribution in [0.4, 0.5) is 0 Å². The number of aliphatic carboxylic acids is 6. The third kappa shape index (κ3) is 39.2. The first-order chi connectivity index (χ1) is 60.9. The quantitative estimate of drug-likeness (QED) is 0.0190. The van der Waals surface area contributed by atoms with E-state index in [1.165, 1.54) is 57.2 Å². The molecule has 0 spiro atoms. The molecule has 44 heteroatoms. The molecule has 4 rings (SSSR count). The average molecular weight is 1810 g/mol. The van der Waals surface area contributed by atoms with Crippen molar-refractivity contribution in [3.05, 3.63) is 138 Å². The number of nitrogens with two attached hydrogens (primary N) is 3. The van der Waals surface area contributed by atoms with Crippen LogP contribution < -0.4 is 86.3 Å².